The molecular formula is C13H17N3O. The van der Waals surface area contributed by atoms with Crippen LogP contribution in [0.5, 0.6) is 5.75 Å². The molecule has 1 heterocycles. The number of rotatable bonds is 2. The number of nitrogen functional groups attached to an aromatic ring is 1. The van der Waals surface area contributed by atoms with Crippen molar-refractivity contribution < 1.29 is 4.74 Å². The number of nitrogens with zero attached hydrogens (tertiary/aromatic N) is 2. The summed E-state index contributed by atoms with van der Waals surface area (Å²) in [5.41, 5.74) is 8.02. The van der Waals surface area contributed by atoms with Gasteiger partial charge >= 0.3 is 0 Å². The molecule has 2 N–H and O–H groups in total. The number of methoxy groups -OCH3 is 1. The van der Waals surface area contributed by atoms with Gasteiger partial charge < -0.3 is 15.0 Å². The average Bonchev–Trinajstić information content (AvgIpc) is 2.93. The van der Waals surface area contributed by atoms with E-state index in [2.05, 4.69) is 15.6 Å². The van der Waals surface area contributed by atoms with Crippen molar-refractivity contribution in [3.05, 3.63) is 18.2 Å². The maximum Gasteiger partial charge on any atom is 0.201 e. The van der Waals surface area contributed by atoms with Crippen LogP contribution in [0.3, 0.4) is 0 Å². The van der Waals surface area contributed by atoms with E-state index in [1.807, 2.05) is 12.1 Å². The van der Waals surface area contributed by atoms with Crippen molar-refractivity contribution >= 4 is 17.0 Å². The number of fused-ring (bicyclic) bond motifs is 1. The predicted molar refractivity (Wildman–Crippen MR) is 68.2 cm³/mol. The van der Waals surface area contributed by atoms with E-state index in [1.165, 1.54) is 25.7 Å². The second-order valence-corrected chi connectivity index (χ2v) is 4.61. The highest BCUT2D eigenvalue weighted by Crippen LogP contribution is 2.36. The van der Waals surface area contributed by atoms with Crippen molar-refractivity contribution in [3.63, 3.8) is 0 Å². The lowest BCUT2D eigenvalue weighted by atomic mass is 10.2. The van der Waals surface area contributed by atoms with Crippen LogP contribution in [-0.2, 0) is 0 Å². The number of imidazole rings is 1. The molecule has 0 unspecified atom stereocenters. The first-order valence-corrected chi connectivity index (χ1v) is 6.11. The van der Waals surface area contributed by atoms with Gasteiger partial charge in [-0.1, -0.05) is 18.9 Å². The summed E-state index contributed by atoms with van der Waals surface area (Å²) in [6.45, 7) is 0. The third-order valence-electron chi connectivity index (χ3n) is 3.62. The van der Waals surface area contributed by atoms with Gasteiger partial charge in [0.1, 0.15) is 11.3 Å². The Morgan fingerprint density at radius 1 is 1.35 bits per heavy atom. The van der Waals surface area contributed by atoms with Crippen LogP contribution in [0, 0.1) is 0 Å². The molecule has 1 aromatic carbocycles. The average molecular weight is 231 g/mol. The first-order valence-electron chi connectivity index (χ1n) is 6.11. The second kappa shape index (κ2) is 3.95. The number of hydrogen-bond acceptors (Lipinski definition) is 3. The third kappa shape index (κ3) is 1.55. The van der Waals surface area contributed by atoms with Gasteiger partial charge in [-0.25, -0.2) is 4.98 Å². The van der Waals surface area contributed by atoms with Crippen molar-refractivity contribution in [2.75, 3.05) is 12.8 Å². The van der Waals surface area contributed by atoms with Crippen molar-refractivity contribution in [2.24, 2.45) is 0 Å². The number of nitrogens with two attached hydrogens (primary N) is 1. The minimum Gasteiger partial charge on any atom is -0.494 e. The van der Waals surface area contributed by atoms with Crippen molar-refractivity contribution in [1.82, 2.24) is 9.55 Å². The molecule has 1 fully saturated rings. The van der Waals surface area contributed by atoms with E-state index in [9.17, 15) is 0 Å². The van der Waals surface area contributed by atoms with Crippen LogP contribution in [-0.4, -0.2) is 16.7 Å². The Bertz CT molecular complexity index is 541. The minimum atomic E-state index is 0.507. The molecule has 0 atom stereocenters. The Labute approximate surface area is 100 Å². The Morgan fingerprint density at radius 3 is 2.82 bits per heavy atom. The first-order chi connectivity index (χ1) is 8.31. The molecule has 0 amide bonds. The van der Waals surface area contributed by atoms with Gasteiger partial charge in [-0.05, 0) is 25.0 Å². The molecule has 0 saturated heterocycles. The van der Waals surface area contributed by atoms with Crippen molar-refractivity contribution in [2.45, 2.75) is 31.7 Å². The largest absolute Gasteiger partial charge is 0.494 e. The fraction of sp³-hybridized carbons (Fsp3) is 0.462. The summed E-state index contributed by atoms with van der Waals surface area (Å²) < 4.78 is 7.50. The topological polar surface area (TPSA) is 53.1 Å². The molecule has 4 heteroatoms. The van der Waals surface area contributed by atoms with E-state index in [-0.39, 0.29) is 0 Å². The molecule has 0 aliphatic heterocycles. The lowest BCUT2D eigenvalue weighted by Crippen LogP contribution is -2.08. The first kappa shape index (κ1) is 10.4. The highest BCUT2D eigenvalue weighted by Gasteiger charge is 2.22. The molecule has 1 aliphatic carbocycles. The van der Waals surface area contributed by atoms with Gasteiger partial charge in [0.05, 0.1) is 12.6 Å². The zero-order valence-electron chi connectivity index (χ0n) is 10.0. The third-order valence-corrected chi connectivity index (χ3v) is 3.62. The molecule has 0 bridgehead atoms. The van der Waals surface area contributed by atoms with Gasteiger partial charge in [0, 0.05) is 6.04 Å². The SMILES string of the molecule is COc1cccc2c1nc(N)n2C1CCCC1. The Morgan fingerprint density at radius 2 is 2.12 bits per heavy atom. The smallest absolute Gasteiger partial charge is 0.201 e. The Kier molecular flexibility index (Phi) is 2.42. The van der Waals surface area contributed by atoms with Crippen LogP contribution < -0.4 is 10.5 Å². The van der Waals surface area contributed by atoms with E-state index < -0.39 is 0 Å². The molecule has 4 nitrogen and oxygen atoms in total. The fourth-order valence-electron chi connectivity index (χ4n) is 2.82. The molecule has 1 aliphatic rings. The molecule has 90 valence electrons. The van der Waals surface area contributed by atoms with Gasteiger partial charge in [-0.15, -0.1) is 0 Å². The van der Waals surface area contributed by atoms with Gasteiger partial charge in [0.25, 0.3) is 0 Å². The Balaban J connectivity index is 2.20. The summed E-state index contributed by atoms with van der Waals surface area (Å²) in [4.78, 5) is 4.44. The normalized spacial score (nSPS) is 16.8. The van der Waals surface area contributed by atoms with Crippen LogP contribution in [0.4, 0.5) is 5.95 Å². The van der Waals surface area contributed by atoms with Crippen molar-refractivity contribution in [1.29, 1.82) is 0 Å². The van der Waals surface area contributed by atoms with Crippen molar-refractivity contribution in [3.8, 4) is 5.75 Å². The molecule has 2 aromatic rings. The molecular weight excluding hydrogens is 214 g/mol. The van der Waals surface area contributed by atoms with Crippen LogP contribution >= 0.6 is 0 Å². The molecule has 1 saturated carbocycles. The van der Waals surface area contributed by atoms with E-state index in [4.69, 9.17) is 10.5 Å². The monoisotopic (exact) mass is 231 g/mol. The zero-order valence-corrected chi connectivity index (χ0v) is 10.0. The number of para-hydroxylation sites is 1. The number of anilines is 1. The number of aromatic nitrogens is 2. The van der Waals surface area contributed by atoms with Gasteiger partial charge in [0.15, 0.2) is 0 Å². The maximum absolute atomic E-state index is 6.05. The summed E-state index contributed by atoms with van der Waals surface area (Å²) in [5, 5.41) is 0. The summed E-state index contributed by atoms with van der Waals surface area (Å²) >= 11 is 0. The molecule has 3 rings (SSSR count). The highest BCUT2D eigenvalue weighted by molar-refractivity contribution is 5.84. The van der Waals surface area contributed by atoms with Gasteiger partial charge in [-0.2, -0.15) is 0 Å². The maximum atomic E-state index is 6.05. The molecule has 0 spiro atoms. The Hall–Kier alpha value is -1.71. The summed E-state index contributed by atoms with van der Waals surface area (Å²) in [5.74, 6) is 1.40. The van der Waals surface area contributed by atoms with Crippen LogP contribution in [0.15, 0.2) is 18.2 Å². The zero-order chi connectivity index (χ0) is 11.8. The van der Waals surface area contributed by atoms with Crippen LogP contribution in [0.1, 0.15) is 31.7 Å². The van der Waals surface area contributed by atoms with Crippen LogP contribution in [0.25, 0.3) is 11.0 Å². The lowest BCUT2D eigenvalue weighted by molar-refractivity contribution is 0.419. The number of hydrogen-bond donors (Lipinski definition) is 1. The molecule has 17 heavy (non-hydrogen) atoms. The standard InChI is InChI=1S/C13H17N3O/c1-17-11-8-4-7-10-12(11)15-13(14)16(10)9-5-2-3-6-9/h4,7-9H,2-3,5-6H2,1H3,(H2,14,15). The number of ether oxygens (including phenoxy) is 1. The van der Waals surface area contributed by atoms with E-state index >= 15 is 0 Å². The molecule has 0 radical (unpaired) electrons. The number of benzene rings is 1. The lowest BCUT2D eigenvalue weighted by Gasteiger charge is -2.14. The minimum absolute atomic E-state index is 0.507. The fourth-order valence-corrected chi connectivity index (χ4v) is 2.82. The quantitative estimate of drug-likeness (QED) is 0.864. The second-order valence-electron chi connectivity index (χ2n) is 4.61. The highest BCUT2D eigenvalue weighted by atomic mass is 16.5. The predicted octanol–water partition coefficient (Wildman–Crippen LogP) is 2.74. The van der Waals surface area contributed by atoms with E-state index in [0.29, 0.717) is 12.0 Å². The summed E-state index contributed by atoms with van der Waals surface area (Å²) in [7, 11) is 1.67. The van der Waals surface area contributed by atoms with E-state index in [0.717, 1.165) is 16.8 Å². The summed E-state index contributed by atoms with van der Waals surface area (Å²) in [6, 6.07) is 6.49. The van der Waals surface area contributed by atoms with Crippen LogP contribution in [0.2, 0.25) is 0 Å². The summed E-state index contributed by atoms with van der Waals surface area (Å²) in [6.07, 6.45) is 4.97. The van der Waals surface area contributed by atoms with Gasteiger partial charge in [0.2, 0.25) is 5.95 Å². The van der Waals surface area contributed by atoms with E-state index in [1.54, 1.807) is 7.11 Å². The van der Waals surface area contributed by atoms with Gasteiger partial charge in [-0.3, -0.25) is 0 Å². The molecule has 1 aromatic heterocycles.